The summed E-state index contributed by atoms with van der Waals surface area (Å²) in [4.78, 5) is 2.63. The third kappa shape index (κ3) is 3.25. The first-order valence-electron chi connectivity index (χ1n) is 6.12. The quantitative estimate of drug-likeness (QED) is 0.744. The molecule has 2 heteroatoms. The number of nitrogens with one attached hydrogen (secondary N) is 1. The molecule has 0 saturated carbocycles. The van der Waals surface area contributed by atoms with Crippen LogP contribution in [0.3, 0.4) is 0 Å². The molecule has 0 aromatic rings. The van der Waals surface area contributed by atoms with Gasteiger partial charge in [-0.2, -0.15) is 0 Å². The fraction of sp³-hybridized carbons (Fsp3) is 1.00. The Morgan fingerprint density at radius 1 is 1.43 bits per heavy atom. The summed E-state index contributed by atoms with van der Waals surface area (Å²) >= 11 is 0. The van der Waals surface area contributed by atoms with E-state index in [0.29, 0.717) is 12.1 Å². The molecule has 0 bridgehead atoms. The topological polar surface area (TPSA) is 15.3 Å². The van der Waals surface area contributed by atoms with Crippen molar-refractivity contribution < 1.29 is 0 Å². The van der Waals surface area contributed by atoms with Gasteiger partial charge in [0.2, 0.25) is 0 Å². The monoisotopic (exact) mass is 198 g/mol. The molecule has 1 N–H and O–H groups in total. The van der Waals surface area contributed by atoms with Crippen LogP contribution in [0.5, 0.6) is 0 Å². The van der Waals surface area contributed by atoms with Crippen LogP contribution in [-0.2, 0) is 0 Å². The van der Waals surface area contributed by atoms with Crippen LogP contribution in [0.4, 0.5) is 0 Å². The third-order valence-corrected chi connectivity index (χ3v) is 3.77. The number of hydrogen-bond donors (Lipinski definition) is 1. The molecule has 84 valence electrons. The van der Waals surface area contributed by atoms with Crippen molar-refractivity contribution in [3.8, 4) is 0 Å². The predicted molar refractivity (Wildman–Crippen MR) is 62.6 cm³/mol. The van der Waals surface area contributed by atoms with Gasteiger partial charge in [-0.1, -0.05) is 20.3 Å². The van der Waals surface area contributed by atoms with Crippen molar-refractivity contribution in [1.29, 1.82) is 0 Å². The molecule has 0 amide bonds. The van der Waals surface area contributed by atoms with Gasteiger partial charge in [0.1, 0.15) is 0 Å². The summed E-state index contributed by atoms with van der Waals surface area (Å²) in [5, 5.41) is 3.52. The van der Waals surface area contributed by atoms with Crippen LogP contribution >= 0.6 is 0 Å². The Labute approximate surface area is 89.1 Å². The van der Waals surface area contributed by atoms with Gasteiger partial charge in [0.25, 0.3) is 0 Å². The van der Waals surface area contributed by atoms with E-state index >= 15 is 0 Å². The maximum atomic E-state index is 3.52. The summed E-state index contributed by atoms with van der Waals surface area (Å²) in [6.45, 7) is 12.9. The fourth-order valence-corrected chi connectivity index (χ4v) is 2.03. The Morgan fingerprint density at radius 3 is 2.79 bits per heavy atom. The van der Waals surface area contributed by atoms with Gasteiger partial charge in [-0.25, -0.2) is 0 Å². The Balaban J connectivity index is 2.28. The molecule has 1 fully saturated rings. The minimum absolute atomic E-state index is 0.653. The molecule has 1 aliphatic rings. The van der Waals surface area contributed by atoms with Crippen molar-refractivity contribution in [2.75, 3.05) is 19.6 Å². The summed E-state index contributed by atoms with van der Waals surface area (Å²) in [6, 6.07) is 1.36. The molecule has 0 aromatic heterocycles. The number of nitrogens with zero attached hydrogens (tertiary/aromatic N) is 1. The zero-order valence-corrected chi connectivity index (χ0v) is 10.2. The molecule has 3 atom stereocenters. The van der Waals surface area contributed by atoms with E-state index in [4.69, 9.17) is 0 Å². The Kier molecular flexibility index (Phi) is 4.90. The summed E-state index contributed by atoms with van der Waals surface area (Å²) < 4.78 is 0. The Hall–Kier alpha value is -0.0800. The van der Waals surface area contributed by atoms with Crippen LogP contribution in [0.15, 0.2) is 0 Å². The fourth-order valence-electron chi connectivity index (χ4n) is 2.03. The average Bonchev–Trinajstić information content (AvgIpc) is 2.20. The van der Waals surface area contributed by atoms with E-state index in [0.717, 1.165) is 12.5 Å². The summed E-state index contributed by atoms with van der Waals surface area (Å²) in [7, 11) is 0. The van der Waals surface area contributed by atoms with Gasteiger partial charge in [-0.05, 0) is 32.7 Å². The predicted octanol–water partition coefficient (Wildman–Crippen LogP) is 2.10. The zero-order chi connectivity index (χ0) is 10.6. The van der Waals surface area contributed by atoms with Gasteiger partial charge in [0.15, 0.2) is 0 Å². The highest BCUT2D eigenvalue weighted by atomic mass is 15.2. The molecule has 0 radical (unpaired) electrons. The van der Waals surface area contributed by atoms with Gasteiger partial charge < -0.3 is 5.32 Å². The maximum absolute atomic E-state index is 3.52. The highest BCUT2D eigenvalue weighted by Gasteiger charge is 2.23. The van der Waals surface area contributed by atoms with Crippen molar-refractivity contribution in [3.05, 3.63) is 0 Å². The van der Waals surface area contributed by atoms with E-state index in [9.17, 15) is 0 Å². The number of hydrogen-bond acceptors (Lipinski definition) is 2. The van der Waals surface area contributed by atoms with Crippen molar-refractivity contribution in [2.45, 2.75) is 52.6 Å². The van der Waals surface area contributed by atoms with E-state index in [2.05, 4.69) is 37.9 Å². The molecule has 1 aliphatic heterocycles. The molecule has 0 spiro atoms. The van der Waals surface area contributed by atoms with Crippen molar-refractivity contribution in [3.63, 3.8) is 0 Å². The van der Waals surface area contributed by atoms with Crippen LogP contribution in [0.2, 0.25) is 0 Å². The van der Waals surface area contributed by atoms with E-state index < -0.39 is 0 Å². The molecule has 2 nitrogen and oxygen atoms in total. The molecule has 0 aromatic carbocycles. The summed E-state index contributed by atoms with van der Waals surface area (Å²) in [5.74, 6) is 0.882. The van der Waals surface area contributed by atoms with Crippen molar-refractivity contribution in [2.24, 2.45) is 5.92 Å². The second kappa shape index (κ2) is 5.72. The van der Waals surface area contributed by atoms with Crippen LogP contribution in [-0.4, -0.2) is 36.6 Å². The van der Waals surface area contributed by atoms with Gasteiger partial charge >= 0.3 is 0 Å². The van der Waals surface area contributed by atoms with Crippen LogP contribution < -0.4 is 5.32 Å². The number of rotatable bonds is 4. The lowest BCUT2D eigenvalue weighted by Gasteiger charge is -2.39. The SMILES string of the molecule is CCC(C)CCN1CCNC(C)C1C. The first-order chi connectivity index (χ1) is 6.65. The first kappa shape index (κ1) is 12.0. The normalized spacial score (nSPS) is 31.7. The van der Waals surface area contributed by atoms with Crippen LogP contribution in [0.1, 0.15) is 40.5 Å². The lowest BCUT2D eigenvalue weighted by Crippen LogP contribution is -2.55. The molecular formula is C12H26N2. The summed E-state index contributed by atoms with van der Waals surface area (Å²) in [6.07, 6.45) is 2.67. The standard InChI is InChI=1S/C12H26N2/c1-5-10(2)6-8-14-9-7-13-11(3)12(14)4/h10-13H,5-9H2,1-4H3. The highest BCUT2D eigenvalue weighted by molar-refractivity contribution is 4.83. The minimum Gasteiger partial charge on any atom is -0.311 e. The smallest absolute Gasteiger partial charge is 0.0218 e. The largest absolute Gasteiger partial charge is 0.311 e. The van der Waals surface area contributed by atoms with E-state index in [1.54, 1.807) is 0 Å². The summed E-state index contributed by atoms with van der Waals surface area (Å²) in [5.41, 5.74) is 0. The van der Waals surface area contributed by atoms with Crippen molar-refractivity contribution in [1.82, 2.24) is 10.2 Å². The Bertz CT molecular complexity index is 158. The number of piperazine rings is 1. The molecule has 0 aliphatic carbocycles. The first-order valence-corrected chi connectivity index (χ1v) is 6.12. The van der Waals surface area contributed by atoms with E-state index in [1.165, 1.54) is 25.9 Å². The average molecular weight is 198 g/mol. The van der Waals surface area contributed by atoms with Crippen LogP contribution in [0.25, 0.3) is 0 Å². The molecule has 14 heavy (non-hydrogen) atoms. The maximum Gasteiger partial charge on any atom is 0.0218 e. The highest BCUT2D eigenvalue weighted by Crippen LogP contribution is 2.13. The second-order valence-corrected chi connectivity index (χ2v) is 4.82. The van der Waals surface area contributed by atoms with Gasteiger partial charge in [0, 0.05) is 25.2 Å². The lowest BCUT2D eigenvalue weighted by atomic mass is 10.0. The minimum atomic E-state index is 0.653. The lowest BCUT2D eigenvalue weighted by molar-refractivity contribution is 0.130. The third-order valence-electron chi connectivity index (χ3n) is 3.77. The molecule has 1 heterocycles. The van der Waals surface area contributed by atoms with Crippen molar-refractivity contribution >= 4 is 0 Å². The zero-order valence-electron chi connectivity index (χ0n) is 10.2. The molecular weight excluding hydrogens is 172 g/mol. The van der Waals surface area contributed by atoms with Gasteiger partial charge in [-0.3, -0.25) is 4.90 Å². The van der Waals surface area contributed by atoms with E-state index in [1.807, 2.05) is 0 Å². The van der Waals surface area contributed by atoms with Crippen LogP contribution in [0, 0.1) is 5.92 Å². The van der Waals surface area contributed by atoms with E-state index in [-0.39, 0.29) is 0 Å². The molecule has 3 unspecified atom stereocenters. The second-order valence-electron chi connectivity index (χ2n) is 4.82. The molecule has 1 saturated heterocycles. The van der Waals surface area contributed by atoms with Gasteiger partial charge in [-0.15, -0.1) is 0 Å². The van der Waals surface area contributed by atoms with Gasteiger partial charge in [0.05, 0.1) is 0 Å². The Morgan fingerprint density at radius 2 is 2.14 bits per heavy atom. The molecule has 1 rings (SSSR count).